The Morgan fingerprint density at radius 1 is 1.35 bits per heavy atom. The average molecular weight is 277 g/mol. The van der Waals surface area contributed by atoms with Gasteiger partial charge in [0, 0.05) is 13.2 Å². The van der Waals surface area contributed by atoms with E-state index >= 15 is 0 Å². The third-order valence-electron chi connectivity index (χ3n) is 2.69. The van der Waals surface area contributed by atoms with E-state index in [9.17, 15) is 4.79 Å². The summed E-state index contributed by atoms with van der Waals surface area (Å²) in [6, 6.07) is 9.69. The standard InChI is InChI=1S/C16H23NO3/c1-3-16(18)17-11-7-8-12-19-14(2)13-20-15-9-5-4-6-10-15/h3-6,9-10,14H,1,7-8,11-13H2,2H3,(H,17,18). The minimum atomic E-state index is -0.129. The second kappa shape index (κ2) is 10.0. The van der Waals surface area contributed by atoms with E-state index in [4.69, 9.17) is 9.47 Å². The van der Waals surface area contributed by atoms with E-state index in [1.54, 1.807) is 0 Å². The molecule has 1 N–H and O–H groups in total. The maximum Gasteiger partial charge on any atom is 0.243 e. The van der Waals surface area contributed by atoms with Gasteiger partial charge in [0.2, 0.25) is 5.91 Å². The molecule has 0 aliphatic carbocycles. The van der Waals surface area contributed by atoms with Crippen molar-refractivity contribution in [3.8, 4) is 5.75 Å². The van der Waals surface area contributed by atoms with Crippen LogP contribution in [0.2, 0.25) is 0 Å². The Morgan fingerprint density at radius 3 is 2.80 bits per heavy atom. The molecule has 0 saturated heterocycles. The van der Waals surface area contributed by atoms with Crippen molar-refractivity contribution in [2.75, 3.05) is 19.8 Å². The largest absolute Gasteiger partial charge is 0.491 e. The second-order valence-corrected chi connectivity index (χ2v) is 4.51. The molecule has 0 fully saturated rings. The molecule has 4 heteroatoms. The van der Waals surface area contributed by atoms with Gasteiger partial charge in [-0.1, -0.05) is 24.8 Å². The van der Waals surface area contributed by atoms with Gasteiger partial charge in [0.15, 0.2) is 0 Å². The Bertz CT molecular complexity index is 392. The Labute approximate surface area is 120 Å². The average Bonchev–Trinajstić information content (AvgIpc) is 2.49. The van der Waals surface area contributed by atoms with E-state index in [0.29, 0.717) is 19.8 Å². The van der Waals surface area contributed by atoms with Crippen LogP contribution in [0, 0.1) is 0 Å². The van der Waals surface area contributed by atoms with Crippen LogP contribution in [-0.2, 0) is 9.53 Å². The molecule has 0 radical (unpaired) electrons. The van der Waals surface area contributed by atoms with Crippen molar-refractivity contribution in [2.24, 2.45) is 0 Å². The van der Waals surface area contributed by atoms with Crippen LogP contribution in [0.4, 0.5) is 0 Å². The number of carbonyl (C=O) groups excluding carboxylic acids is 1. The maximum absolute atomic E-state index is 10.9. The first-order chi connectivity index (χ1) is 9.72. The minimum absolute atomic E-state index is 0.0537. The first-order valence-corrected chi connectivity index (χ1v) is 6.92. The highest BCUT2D eigenvalue weighted by Gasteiger charge is 2.03. The normalized spacial score (nSPS) is 11.7. The molecule has 0 aliphatic rings. The first-order valence-electron chi connectivity index (χ1n) is 6.92. The van der Waals surface area contributed by atoms with Crippen molar-refractivity contribution in [1.29, 1.82) is 0 Å². The smallest absolute Gasteiger partial charge is 0.243 e. The number of amides is 1. The lowest BCUT2D eigenvalue weighted by Crippen LogP contribution is -2.23. The zero-order valence-electron chi connectivity index (χ0n) is 12.0. The number of hydrogen-bond donors (Lipinski definition) is 1. The molecule has 110 valence electrons. The third kappa shape index (κ3) is 7.59. The van der Waals surface area contributed by atoms with Gasteiger partial charge in [-0.05, 0) is 38.0 Å². The number of para-hydroxylation sites is 1. The summed E-state index contributed by atoms with van der Waals surface area (Å²) in [6.07, 6.45) is 3.14. The Balaban J connectivity index is 1.99. The zero-order chi connectivity index (χ0) is 14.6. The molecule has 0 aliphatic heterocycles. The van der Waals surface area contributed by atoms with Crippen LogP contribution >= 0.6 is 0 Å². The highest BCUT2D eigenvalue weighted by atomic mass is 16.5. The van der Waals surface area contributed by atoms with Crippen LogP contribution in [0.3, 0.4) is 0 Å². The summed E-state index contributed by atoms with van der Waals surface area (Å²) in [6.45, 7) is 7.25. The van der Waals surface area contributed by atoms with E-state index in [1.807, 2.05) is 37.3 Å². The van der Waals surface area contributed by atoms with E-state index < -0.39 is 0 Å². The van der Waals surface area contributed by atoms with Gasteiger partial charge in [0.25, 0.3) is 0 Å². The van der Waals surface area contributed by atoms with Crippen molar-refractivity contribution >= 4 is 5.91 Å². The van der Waals surface area contributed by atoms with E-state index in [1.165, 1.54) is 6.08 Å². The molecule has 1 rings (SSSR count). The predicted molar refractivity (Wildman–Crippen MR) is 79.8 cm³/mol. The lowest BCUT2D eigenvalue weighted by atomic mass is 10.3. The van der Waals surface area contributed by atoms with Crippen molar-refractivity contribution in [2.45, 2.75) is 25.9 Å². The van der Waals surface area contributed by atoms with Gasteiger partial charge in [-0.3, -0.25) is 4.79 Å². The van der Waals surface area contributed by atoms with Crippen LogP contribution in [0.1, 0.15) is 19.8 Å². The SMILES string of the molecule is C=CC(=O)NCCCCOC(C)COc1ccccc1. The number of unbranched alkanes of at least 4 members (excludes halogenated alkanes) is 1. The molecule has 0 saturated carbocycles. The highest BCUT2D eigenvalue weighted by molar-refractivity contribution is 5.86. The molecule has 1 atom stereocenters. The van der Waals surface area contributed by atoms with Crippen molar-refractivity contribution in [3.05, 3.63) is 43.0 Å². The molecule has 1 amide bonds. The van der Waals surface area contributed by atoms with Gasteiger partial charge in [-0.15, -0.1) is 0 Å². The molecule has 1 unspecified atom stereocenters. The number of nitrogens with one attached hydrogen (secondary N) is 1. The summed E-state index contributed by atoms with van der Waals surface area (Å²) in [5.74, 6) is 0.727. The van der Waals surface area contributed by atoms with Crippen molar-refractivity contribution < 1.29 is 14.3 Å². The maximum atomic E-state index is 10.9. The summed E-state index contributed by atoms with van der Waals surface area (Å²) in [4.78, 5) is 10.9. The number of rotatable bonds is 10. The van der Waals surface area contributed by atoms with Crippen molar-refractivity contribution in [3.63, 3.8) is 0 Å². The summed E-state index contributed by atoms with van der Waals surface area (Å²) < 4.78 is 11.2. The number of hydrogen-bond acceptors (Lipinski definition) is 3. The molecule has 0 aromatic heterocycles. The third-order valence-corrected chi connectivity index (χ3v) is 2.69. The van der Waals surface area contributed by atoms with Gasteiger partial charge in [0.05, 0.1) is 6.10 Å². The topological polar surface area (TPSA) is 47.6 Å². The summed E-state index contributed by atoms with van der Waals surface area (Å²) >= 11 is 0. The van der Waals surface area contributed by atoms with E-state index in [2.05, 4.69) is 11.9 Å². The fourth-order valence-electron chi connectivity index (χ4n) is 1.57. The quantitative estimate of drug-likeness (QED) is 0.528. The molecule has 0 spiro atoms. The predicted octanol–water partition coefficient (Wildman–Crippen LogP) is 2.55. The molecule has 1 aromatic rings. The Kier molecular flexibility index (Phi) is 8.15. The Hall–Kier alpha value is -1.81. The number of ether oxygens (including phenoxy) is 2. The van der Waals surface area contributed by atoms with Gasteiger partial charge in [0.1, 0.15) is 12.4 Å². The first kappa shape index (κ1) is 16.2. The van der Waals surface area contributed by atoms with E-state index in [0.717, 1.165) is 18.6 Å². The fourth-order valence-corrected chi connectivity index (χ4v) is 1.57. The lowest BCUT2D eigenvalue weighted by molar-refractivity contribution is -0.116. The summed E-state index contributed by atoms with van der Waals surface area (Å²) in [5, 5.41) is 2.73. The summed E-state index contributed by atoms with van der Waals surface area (Å²) in [7, 11) is 0. The second-order valence-electron chi connectivity index (χ2n) is 4.51. The fraction of sp³-hybridized carbons (Fsp3) is 0.438. The Morgan fingerprint density at radius 2 is 2.10 bits per heavy atom. The molecule has 0 heterocycles. The molecule has 20 heavy (non-hydrogen) atoms. The zero-order valence-corrected chi connectivity index (χ0v) is 12.0. The van der Waals surface area contributed by atoms with Gasteiger partial charge < -0.3 is 14.8 Å². The molecule has 1 aromatic carbocycles. The molecular formula is C16H23NO3. The van der Waals surface area contributed by atoms with Crippen molar-refractivity contribution in [1.82, 2.24) is 5.32 Å². The molecule has 4 nitrogen and oxygen atoms in total. The monoisotopic (exact) mass is 277 g/mol. The van der Waals surface area contributed by atoms with Crippen LogP contribution < -0.4 is 10.1 Å². The van der Waals surface area contributed by atoms with E-state index in [-0.39, 0.29) is 12.0 Å². The molecular weight excluding hydrogens is 254 g/mol. The summed E-state index contributed by atoms with van der Waals surface area (Å²) in [5.41, 5.74) is 0. The van der Waals surface area contributed by atoms with Crippen LogP contribution in [-0.4, -0.2) is 31.8 Å². The number of carbonyl (C=O) groups is 1. The number of benzene rings is 1. The van der Waals surface area contributed by atoms with Gasteiger partial charge >= 0.3 is 0 Å². The van der Waals surface area contributed by atoms with Gasteiger partial charge in [-0.25, -0.2) is 0 Å². The lowest BCUT2D eigenvalue weighted by Gasteiger charge is -2.14. The molecule has 0 bridgehead atoms. The van der Waals surface area contributed by atoms with Crippen LogP contribution in [0.5, 0.6) is 5.75 Å². The van der Waals surface area contributed by atoms with Crippen LogP contribution in [0.25, 0.3) is 0 Å². The minimum Gasteiger partial charge on any atom is -0.491 e. The van der Waals surface area contributed by atoms with Crippen LogP contribution in [0.15, 0.2) is 43.0 Å². The highest BCUT2D eigenvalue weighted by Crippen LogP contribution is 2.09. The van der Waals surface area contributed by atoms with Gasteiger partial charge in [-0.2, -0.15) is 0 Å².